The lowest BCUT2D eigenvalue weighted by Gasteiger charge is -2.37. The number of carbonyl (C=O) groups is 2. The molecule has 0 spiro atoms. The second kappa shape index (κ2) is 11.2. The summed E-state index contributed by atoms with van der Waals surface area (Å²) < 4.78 is 11.6. The van der Waals surface area contributed by atoms with Crippen molar-refractivity contribution >= 4 is 28.8 Å². The number of rotatable bonds is 7. The van der Waals surface area contributed by atoms with E-state index in [0.717, 1.165) is 28.8 Å². The number of ether oxygens (including phenoxy) is 1. The lowest BCUT2D eigenvalue weighted by Crippen LogP contribution is -2.40. The Balaban J connectivity index is 1.20. The summed E-state index contributed by atoms with van der Waals surface area (Å²) in [4.78, 5) is 32.4. The molecular formula is C32H27N3O4S. The predicted octanol–water partition coefficient (Wildman–Crippen LogP) is 6.66. The maximum Gasteiger partial charge on any atom is 0.290 e. The standard InChI is InChI=1S/C32H27N3O4S/c1-21-9-12-24(13-10-21)33-31(36)27-20-40-29(34-27)19-39-25-14-11-22-15-16-35(32(37)28-8-5-17-38-28)30(26(22)18-25)23-6-3-2-4-7-23/h2-14,17-18,20,30H,15-16,19H2,1H3,(H,33,36). The topological polar surface area (TPSA) is 84.7 Å². The summed E-state index contributed by atoms with van der Waals surface area (Å²) in [5.74, 6) is 0.595. The minimum atomic E-state index is -0.275. The van der Waals surface area contributed by atoms with Gasteiger partial charge in [0, 0.05) is 17.6 Å². The van der Waals surface area contributed by atoms with Crippen LogP contribution < -0.4 is 10.1 Å². The number of carbonyl (C=O) groups excluding carboxylic acids is 2. The second-order valence-electron chi connectivity index (χ2n) is 9.63. The van der Waals surface area contributed by atoms with Crippen molar-refractivity contribution in [2.24, 2.45) is 0 Å². The van der Waals surface area contributed by atoms with Crippen molar-refractivity contribution in [1.82, 2.24) is 9.88 Å². The van der Waals surface area contributed by atoms with Crippen LogP contribution in [0.2, 0.25) is 0 Å². The van der Waals surface area contributed by atoms with Crippen LogP contribution in [-0.2, 0) is 13.0 Å². The molecule has 7 nitrogen and oxygen atoms in total. The zero-order valence-electron chi connectivity index (χ0n) is 21.9. The van der Waals surface area contributed by atoms with Crippen LogP contribution in [0.4, 0.5) is 5.69 Å². The molecule has 0 saturated heterocycles. The molecular weight excluding hydrogens is 522 g/mol. The van der Waals surface area contributed by atoms with Gasteiger partial charge in [-0.15, -0.1) is 11.3 Å². The molecule has 40 heavy (non-hydrogen) atoms. The Morgan fingerprint density at radius 2 is 1.88 bits per heavy atom. The summed E-state index contributed by atoms with van der Waals surface area (Å²) >= 11 is 1.38. The molecule has 6 rings (SSSR count). The molecule has 0 bridgehead atoms. The Morgan fingerprint density at radius 3 is 2.65 bits per heavy atom. The summed E-state index contributed by atoms with van der Waals surface area (Å²) in [7, 11) is 0. The van der Waals surface area contributed by atoms with Crippen molar-refractivity contribution in [1.29, 1.82) is 0 Å². The number of thiazole rings is 1. The van der Waals surface area contributed by atoms with Gasteiger partial charge in [-0.3, -0.25) is 9.59 Å². The van der Waals surface area contributed by atoms with E-state index in [4.69, 9.17) is 9.15 Å². The molecule has 0 radical (unpaired) electrons. The van der Waals surface area contributed by atoms with Crippen molar-refractivity contribution in [3.63, 3.8) is 0 Å². The van der Waals surface area contributed by atoms with Gasteiger partial charge in [0.2, 0.25) is 0 Å². The first-order valence-corrected chi connectivity index (χ1v) is 13.9. The summed E-state index contributed by atoms with van der Waals surface area (Å²) in [5, 5.41) is 5.31. The highest BCUT2D eigenvalue weighted by Gasteiger charge is 2.34. The third-order valence-electron chi connectivity index (χ3n) is 6.91. The predicted molar refractivity (Wildman–Crippen MR) is 154 cm³/mol. The zero-order chi connectivity index (χ0) is 27.5. The highest BCUT2D eigenvalue weighted by atomic mass is 32.1. The summed E-state index contributed by atoms with van der Waals surface area (Å²) in [6.07, 6.45) is 2.25. The van der Waals surface area contributed by atoms with Gasteiger partial charge in [0.15, 0.2) is 5.76 Å². The van der Waals surface area contributed by atoms with Crippen molar-refractivity contribution in [3.05, 3.63) is 135 Å². The number of nitrogens with one attached hydrogen (secondary N) is 1. The van der Waals surface area contributed by atoms with E-state index in [0.29, 0.717) is 28.8 Å². The number of hydrogen-bond acceptors (Lipinski definition) is 6. The van der Waals surface area contributed by atoms with Gasteiger partial charge in [0.25, 0.3) is 11.8 Å². The molecule has 1 unspecified atom stereocenters. The Morgan fingerprint density at radius 1 is 1.05 bits per heavy atom. The Bertz CT molecular complexity index is 1630. The first-order chi connectivity index (χ1) is 19.5. The van der Waals surface area contributed by atoms with Gasteiger partial charge in [-0.1, -0.05) is 54.1 Å². The molecule has 0 aliphatic carbocycles. The molecule has 1 aliphatic heterocycles. The first kappa shape index (κ1) is 25.6. The fraction of sp³-hybridized carbons (Fsp3) is 0.156. The molecule has 2 amide bonds. The molecule has 200 valence electrons. The normalized spacial score (nSPS) is 14.4. The summed E-state index contributed by atoms with van der Waals surface area (Å²) in [5.41, 5.74) is 5.42. The number of anilines is 1. The highest BCUT2D eigenvalue weighted by Crippen LogP contribution is 2.38. The second-order valence-corrected chi connectivity index (χ2v) is 10.6. The monoisotopic (exact) mass is 549 g/mol. The number of hydrogen-bond donors (Lipinski definition) is 1. The van der Waals surface area contributed by atoms with Crippen LogP contribution in [0.25, 0.3) is 0 Å². The minimum absolute atomic E-state index is 0.143. The third-order valence-corrected chi connectivity index (χ3v) is 7.73. The van der Waals surface area contributed by atoms with Crippen LogP contribution in [0.1, 0.15) is 54.3 Å². The number of amides is 2. The number of nitrogens with zero attached hydrogens (tertiary/aromatic N) is 2. The number of aromatic nitrogens is 1. The molecule has 1 aliphatic rings. The zero-order valence-corrected chi connectivity index (χ0v) is 22.7. The van der Waals surface area contributed by atoms with Crippen molar-refractivity contribution in [2.75, 3.05) is 11.9 Å². The average molecular weight is 550 g/mol. The van der Waals surface area contributed by atoms with E-state index < -0.39 is 0 Å². The lowest BCUT2D eigenvalue weighted by atomic mass is 9.87. The van der Waals surface area contributed by atoms with Crippen molar-refractivity contribution in [3.8, 4) is 5.75 Å². The maximum absolute atomic E-state index is 13.4. The minimum Gasteiger partial charge on any atom is -0.486 e. The molecule has 5 aromatic rings. The number of fused-ring (bicyclic) bond motifs is 1. The average Bonchev–Trinajstić information content (AvgIpc) is 3.70. The van der Waals surface area contributed by atoms with E-state index in [-0.39, 0.29) is 24.5 Å². The van der Waals surface area contributed by atoms with Crippen molar-refractivity contribution in [2.45, 2.75) is 26.0 Å². The van der Waals surface area contributed by atoms with Crippen LogP contribution in [0.5, 0.6) is 5.75 Å². The molecule has 1 N–H and O–H groups in total. The van der Waals surface area contributed by atoms with Gasteiger partial charge in [0.05, 0.1) is 12.3 Å². The molecule has 3 heterocycles. The Kier molecular flexibility index (Phi) is 7.16. The fourth-order valence-electron chi connectivity index (χ4n) is 4.90. The number of furan rings is 1. The number of aryl methyl sites for hydroxylation is 1. The SMILES string of the molecule is Cc1ccc(NC(=O)c2csc(COc3ccc4c(c3)C(c3ccccc3)N(C(=O)c3ccco3)CC4)n2)cc1. The van der Waals surface area contributed by atoms with Gasteiger partial charge in [-0.25, -0.2) is 4.98 Å². The third kappa shape index (κ3) is 5.39. The largest absolute Gasteiger partial charge is 0.486 e. The van der Waals surface area contributed by atoms with E-state index >= 15 is 0 Å². The first-order valence-electron chi connectivity index (χ1n) is 13.0. The lowest BCUT2D eigenvalue weighted by molar-refractivity contribution is 0.0661. The number of benzene rings is 3. The van der Waals surface area contributed by atoms with E-state index in [9.17, 15) is 9.59 Å². The van der Waals surface area contributed by atoms with Crippen LogP contribution in [0, 0.1) is 6.92 Å². The van der Waals surface area contributed by atoms with Gasteiger partial charge >= 0.3 is 0 Å². The molecule has 0 fully saturated rings. The van der Waals surface area contributed by atoms with Gasteiger partial charge in [-0.05, 0) is 66.4 Å². The summed E-state index contributed by atoms with van der Waals surface area (Å²) in [6.45, 7) is 2.81. The van der Waals surface area contributed by atoms with E-state index in [1.807, 2.05) is 78.6 Å². The van der Waals surface area contributed by atoms with E-state index in [2.05, 4.69) is 16.4 Å². The highest BCUT2D eigenvalue weighted by molar-refractivity contribution is 7.09. The smallest absolute Gasteiger partial charge is 0.290 e. The quantitative estimate of drug-likeness (QED) is 0.245. The summed E-state index contributed by atoms with van der Waals surface area (Å²) in [6, 6.07) is 26.8. The van der Waals surface area contributed by atoms with Gasteiger partial charge < -0.3 is 19.4 Å². The molecule has 0 saturated carbocycles. The molecule has 1 atom stereocenters. The Labute approximate surface area is 236 Å². The molecule has 8 heteroatoms. The Hall–Kier alpha value is -4.69. The van der Waals surface area contributed by atoms with Crippen LogP contribution in [0.15, 0.2) is 101 Å². The van der Waals surface area contributed by atoms with Crippen LogP contribution in [0.3, 0.4) is 0 Å². The van der Waals surface area contributed by atoms with Crippen molar-refractivity contribution < 1.29 is 18.7 Å². The molecule has 2 aromatic heterocycles. The van der Waals surface area contributed by atoms with Gasteiger partial charge in [-0.2, -0.15) is 0 Å². The van der Waals surface area contributed by atoms with E-state index in [1.165, 1.54) is 23.2 Å². The maximum atomic E-state index is 13.4. The van der Waals surface area contributed by atoms with E-state index in [1.54, 1.807) is 17.5 Å². The van der Waals surface area contributed by atoms with Crippen LogP contribution >= 0.6 is 11.3 Å². The fourth-order valence-corrected chi connectivity index (χ4v) is 5.58. The molecule has 3 aromatic carbocycles. The van der Waals surface area contributed by atoms with Gasteiger partial charge in [0.1, 0.15) is 23.1 Å². The van der Waals surface area contributed by atoms with Crippen LogP contribution in [-0.4, -0.2) is 28.2 Å².